The number of aryl methyl sites for hydroxylation is 2. The Hall–Kier alpha value is -1.36. The summed E-state index contributed by atoms with van der Waals surface area (Å²) in [4.78, 5) is 13.6. The second kappa shape index (κ2) is 5.74. The number of carbonyl (C=O) groups is 1. The van der Waals surface area contributed by atoms with E-state index in [-0.39, 0.29) is 0 Å². The fraction of sp³-hybridized carbons (Fsp3) is 0.714. The van der Waals surface area contributed by atoms with Gasteiger partial charge in [0.2, 0.25) is 0 Å². The van der Waals surface area contributed by atoms with Crippen molar-refractivity contribution in [3.05, 3.63) is 17.0 Å². The van der Waals surface area contributed by atoms with Gasteiger partial charge in [-0.1, -0.05) is 6.42 Å². The summed E-state index contributed by atoms with van der Waals surface area (Å²) in [5.41, 5.74) is 1.74. The third kappa shape index (κ3) is 2.97. The number of carboxylic acids is 1. The first-order chi connectivity index (χ1) is 9.00. The molecule has 0 amide bonds. The van der Waals surface area contributed by atoms with Crippen LogP contribution in [-0.2, 0) is 6.54 Å². The van der Waals surface area contributed by atoms with Crippen LogP contribution < -0.4 is 0 Å². The van der Waals surface area contributed by atoms with Crippen LogP contribution in [0.2, 0.25) is 0 Å². The SMILES string of the molecule is Cc1nn(CCC2CCCCN2C)c(C)c1C(=O)O. The molecule has 1 atom stereocenters. The number of hydrogen-bond acceptors (Lipinski definition) is 3. The average molecular weight is 265 g/mol. The van der Waals surface area contributed by atoms with Crippen molar-refractivity contribution in [3.8, 4) is 0 Å². The molecule has 0 aliphatic carbocycles. The molecule has 0 spiro atoms. The highest BCUT2D eigenvalue weighted by Crippen LogP contribution is 2.19. The first-order valence-corrected chi connectivity index (χ1v) is 6.98. The molecule has 1 saturated heterocycles. The van der Waals surface area contributed by atoms with E-state index in [2.05, 4.69) is 17.0 Å². The number of piperidine rings is 1. The second-order valence-corrected chi connectivity index (χ2v) is 5.49. The highest BCUT2D eigenvalue weighted by molar-refractivity contribution is 5.90. The van der Waals surface area contributed by atoms with Crippen molar-refractivity contribution in [2.45, 2.75) is 52.1 Å². The smallest absolute Gasteiger partial charge is 0.339 e. The van der Waals surface area contributed by atoms with Gasteiger partial charge in [-0.05, 0) is 46.7 Å². The van der Waals surface area contributed by atoms with E-state index in [1.807, 2.05) is 11.6 Å². The summed E-state index contributed by atoms with van der Waals surface area (Å²) < 4.78 is 1.85. The molecule has 2 heterocycles. The molecule has 1 aromatic rings. The van der Waals surface area contributed by atoms with E-state index in [1.54, 1.807) is 6.92 Å². The van der Waals surface area contributed by atoms with E-state index < -0.39 is 5.97 Å². The molecule has 1 aliphatic heterocycles. The van der Waals surface area contributed by atoms with Gasteiger partial charge >= 0.3 is 5.97 Å². The molecule has 5 heteroatoms. The molecule has 1 N–H and O–H groups in total. The predicted molar refractivity (Wildman–Crippen MR) is 73.5 cm³/mol. The maximum atomic E-state index is 11.2. The maximum Gasteiger partial charge on any atom is 0.339 e. The Labute approximate surface area is 114 Å². The third-order valence-corrected chi connectivity index (χ3v) is 4.19. The summed E-state index contributed by atoms with van der Waals surface area (Å²) in [6, 6.07) is 0.603. The summed E-state index contributed by atoms with van der Waals surface area (Å²) in [6.45, 7) is 5.57. The van der Waals surface area contributed by atoms with Gasteiger partial charge in [0.05, 0.1) is 11.4 Å². The normalized spacial score (nSPS) is 20.7. The van der Waals surface area contributed by atoms with Crippen LogP contribution >= 0.6 is 0 Å². The topological polar surface area (TPSA) is 58.4 Å². The Balaban J connectivity index is 2.03. The Morgan fingerprint density at radius 3 is 2.74 bits per heavy atom. The van der Waals surface area contributed by atoms with Crippen LogP contribution in [0.4, 0.5) is 0 Å². The lowest BCUT2D eigenvalue weighted by atomic mass is 10.0. The molecule has 0 aromatic carbocycles. The summed E-state index contributed by atoms with van der Waals surface area (Å²) in [5.74, 6) is -0.879. The molecule has 5 nitrogen and oxygen atoms in total. The number of carboxylic acid groups (broad SMARTS) is 1. The van der Waals surface area contributed by atoms with Crippen molar-refractivity contribution in [1.82, 2.24) is 14.7 Å². The van der Waals surface area contributed by atoms with E-state index in [0.717, 1.165) is 18.7 Å². The van der Waals surface area contributed by atoms with Gasteiger partial charge in [0.25, 0.3) is 0 Å². The number of aromatic carboxylic acids is 1. The summed E-state index contributed by atoms with van der Waals surface area (Å²) >= 11 is 0. The van der Waals surface area contributed by atoms with Crippen molar-refractivity contribution >= 4 is 5.97 Å². The zero-order valence-electron chi connectivity index (χ0n) is 12.0. The third-order valence-electron chi connectivity index (χ3n) is 4.19. The average Bonchev–Trinajstić information content (AvgIpc) is 2.63. The molecule has 0 bridgehead atoms. The van der Waals surface area contributed by atoms with Crippen LogP contribution in [0.5, 0.6) is 0 Å². The van der Waals surface area contributed by atoms with Gasteiger partial charge in [-0.3, -0.25) is 4.68 Å². The summed E-state index contributed by atoms with van der Waals surface area (Å²) in [7, 11) is 2.17. The molecule has 1 unspecified atom stereocenters. The number of rotatable bonds is 4. The van der Waals surface area contributed by atoms with Crippen LogP contribution in [0, 0.1) is 13.8 Å². The zero-order chi connectivity index (χ0) is 14.0. The van der Waals surface area contributed by atoms with E-state index in [1.165, 1.54) is 25.8 Å². The van der Waals surface area contributed by atoms with Crippen molar-refractivity contribution in [1.29, 1.82) is 0 Å². The molecule has 1 fully saturated rings. The molecular weight excluding hydrogens is 242 g/mol. The first-order valence-electron chi connectivity index (χ1n) is 6.98. The fourth-order valence-electron chi connectivity index (χ4n) is 3.00. The zero-order valence-corrected chi connectivity index (χ0v) is 12.0. The lowest BCUT2D eigenvalue weighted by molar-refractivity contribution is 0.0695. The molecule has 2 rings (SSSR count). The van der Waals surface area contributed by atoms with Gasteiger partial charge in [0.1, 0.15) is 5.56 Å². The molecular formula is C14H23N3O2. The molecule has 0 saturated carbocycles. The molecule has 106 valence electrons. The Bertz CT molecular complexity index is 468. The second-order valence-electron chi connectivity index (χ2n) is 5.49. The van der Waals surface area contributed by atoms with E-state index >= 15 is 0 Å². The molecule has 1 aromatic heterocycles. The lowest BCUT2D eigenvalue weighted by Gasteiger charge is -2.32. The van der Waals surface area contributed by atoms with E-state index in [0.29, 0.717) is 17.3 Å². The van der Waals surface area contributed by atoms with Crippen LogP contribution in [0.25, 0.3) is 0 Å². The van der Waals surface area contributed by atoms with Crippen LogP contribution in [0.15, 0.2) is 0 Å². The van der Waals surface area contributed by atoms with Crippen molar-refractivity contribution in [3.63, 3.8) is 0 Å². The highest BCUT2D eigenvalue weighted by Gasteiger charge is 2.21. The van der Waals surface area contributed by atoms with Crippen LogP contribution in [0.3, 0.4) is 0 Å². The predicted octanol–water partition coefficient (Wildman–Crippen LogP) is 2.07. The van der Waals surface area contributed by atoms with Gasteiger partial charge in [0.15, 0.2) is 0 Å². The summed E-state index contributed by atoms with van der Waals surface area (Å²) in [6.07, 6.45) is 4.86. The van der Waals surface area contributed by atoms with Gasteiger partial charge < -0.3 is 10.0 Å². The monoisotopic (exact) mass is 265 g/mol. The standard InChI is InChI=1S/C14H23N3O2/c1-10-13(14(18)19)11(2)17(15-10)9-7-12-6-4-5-8-16(12)3/h12H,4-9H2,1-3H3,(H,18,19). The number of likely N-dealkylation sites (tertiary alicyclic amines) is 1. The van der Waals surface area contributed by atoms with Crippen molar-refractivity contribution < 1.29 is 9.90 Å². The fourth-order valence-corrected chi connectivity index (χ4v) is 3.00. The molecule has 19 heavy (non-hydrogen) atoms. The minimum absolute atomic E-state index is 0.358. The number of aromatic nitrogens is 2. The van der Waals surface area contributed by atoms with Crippen LogP contribution in [0.1, 0.15) is 47.4 Å². The van der Waals surface area contributed by atoms with Gasteiger partial charge in [-0.15, -0.1) is 0 Å². The van der Waals surface area contributed by atoms with Gasteiger partial charge in [-0.25, -0.2) is 4.79 Å². The Morgan fingerprint density at radius 2 is 2.16 bits per heavy atom. The van der Waals surface area contributed by atoms with E-state index in [9.17, 15) is 4.79 Å². The van der Waals surface area contributed by atoms with Crippen LogP contribution in [-0.4, -0.2) is 45.4 Å². The maximum absolute atomic E-state index is 11.2. The highest BCUT2D eigenvalue weighted by atomic mass is 16.4. The number of nitrogens with zero attached hydrogens (tertiary/aromatic N) is 3. The minimum atomic E-state index is -0.879. The van der Waals surface area contributed by atoms with E-state index in [4.69, 9.17) is 5.11 Å². The Morgan fingerprint density at radius 1 is 1.42 bits per heavy atom. The Kier molecular flexibility index (Phi) is 4.24. The summed E-state index contributed by atoms with van der Waals surface area (Å²) in [5, 5.41) is 13.5. The quantitative estimate of drug-likeness (QED) is 0.905. The largest absolute Gasteiger partial charge is 0.478 e. The minimum Gasteiger partial charge on any atom is -0.478 e. The lowest BCUT2D eigenvalue weighted by Crippen LogP contribution is -2.36. The molecule has 0 radical (unpaired) electrons. The molecule has 1 aliphatic rings. The van der Waals surface area contributed by atoms with Gasteiger partial charge in [-0.2, -0.15) is 5.10 Å². The van der Waals surface area contributed by atoms with Crippen molar-refractivity contribution in [2.24, 2.45) is 0 Å². The first kappa shape index (κ1) is 14.1. The van der Waals surface area contributed by atoms with Gasteiger partial charge in [0, 0.05) is 12.6 Å². The number of hydrogen-bond donors (Lipinski definition) is 1. The van der Waals surface area contributed by atoms with Crippen molar-refractivity contribution in [2.75, 3.05) is 13.6 Å².